The average molecular weight is 383 g/mol. The van der Waals surface area contributed by atoms with Crippen LogP contribution in [-0.2, 0) is 17.8 Å². The maximum absolute atomic E-state index is 12.2. The molecule has 25 heavy (non-hydrogen) atoms. The van der Waals surface area contributed by atoms with Crippen molar-refractivity contribution in [2.24, 2.45) is 0 Å². The standard InChI is InChI=1S/C15H22N6O2S2/c1-10(12(22)16-13(23)17-15(2,3)4)25-14-18-19-20-21(14)8-7-11-6-5-9-24-11/h5-6,9-10H,7-8H2,1-4H3,(H2,16,17,22,23)/t10-/m1/s1. The highest BCUT2D eigenvalue weighted by atomic mass is 32.2. The quantitative estimate of drug-likeness (QED) is 0.742. The Morgan fingerprint density at radius 3 is 2.80 bits per heavy atom. The minimum Gasteiger partial charge on any atom is -0.333 e. The first kappa shape index (κ1) is 19.4. The Bertz CT molecular complexity index is 708. The Morgan fingerprint density at radius 2 is 2.16 bits per heavy atom. The summed E-state index contributed by atoms with van der Waals surface area (Å²) in [5, 5.41) is 18.7. The molecule has 2 aromatic rings. The number of carbonyl (C=O) groups excluding carboxylic acids is 2. The Kier molecular flexibility index (Phi) is 6.54. The summed E-state index contributed by atoms with van der Waals surface area (Å²) >= 11 is 2.90. The molecule has 2 N–H and O–H groups in total. The zero-order chi connectivity index (χ0) is 18.4. The number of hydrogen-bond donors (Lipinski definition) is 2. The van der Waals surface area contributed by atoms with Crippen molar-refractivity contribution in [3.8, 4) is 0 Å². The highest BCUT2D eigenvalue weighted by Crippen LogP contribution is 2.21. The largest absolute Gasteiger partial charge is 0.333 e. The minimum atomic E-state index is -0.512. The Hall–Kier alpha value is -1.94. The molecule has 0 aliphatic heterocycles. The molecular formula is C15H22N6O2S2. The number of thiophene rings is 1. The van der Waals surface area contributed by atoms with Crippen LogP contribution >= 0.6 is 23.1 Å². The molecule has 0 saturated carbocycles. The van der Waals surface area contributed by atoms with Gasteiger partial charge in [-0.05, 0) is 49.6 Å². The van der Waals surface area contributed by atoms with Gasteiger partial charge in [0.15, 0.2) is 0 Å². The van der Waals surface area contributed by atoms with Crippen molar-refractivity contribution in [2.75, 3.05) is 0 Å². The summed E-state index contributed by atoms with van der Waals surface area (Å²) in [7, 11) is 0. The second-order valence-corrected chi connectivity index (χ2v) is 8.81. The first-order chi connectivity index (χ1) is 11.7. The van der Waals surface area contributed by atoms with Gasteiger partial charge in [0.1, 0.15) is 0 Å². The number of hydrogen-bond acceptors (Lipinski definition) is 7. The molecule has 10 heteroatoms. The lowest BCUT2D eigenvalue weighted by molar-refractivity contribution is -0.119. The summed E-state index contributed by atoms with van der Waals surface area (Å²) in [6.07, 6.45) is 0.824. The van der Waals surface area contributed by atoms with Crippen molar-refractivity contribution >= 4 is 35.0 Å². The van der Waals surface area contributed by atoms with Gasteiger partial charge in [-0.2, -0.15) is 0 Å². The van der Waals surface area contributed by atoms with E-state index in [1.165, 1.54) is 16.6 Å². The van der Waals surface area contributed by atoms with Gasteiger partial charge in [0.05, 0.1) is 11.8 Å². The van der Waals surface area contributed by atoms with Crippen LogP contribution in [0.3, 0.4) is 0 Å². The van der Waals surface area contributed by atoms with Gasteiger partial charge in [0.2, 0.25) is 11.1 Å². The molecule has 136 valence electrons. The first-order valence-corrected chi connectivity index (χ1v) is 9.59. The van der Waals surface area contributed by atoms with Gasteiger partial charge in [0.25, 0.3) is 0 Å². The van der Waals surface area contributed by atoms with Crippen molar-refractivity contribution in [3.05, 3.63) is 22.4 Å². The molecule has 0 saturated heterocycles. The predicted molar refractivity (Wildman–Crippen MR) is 97.6 cm³/mol. The van der Waals surface area contributed by atoms with Crippen molar-refractivity contribution in [3.63, 3.8) is 0 Å². The van der Waals surface area contributed by atoms with E-state index in [4.69, 9.17) is 0 Å². The second-order valence-electron chi connectivity index (χ2n) is 6.47. The normalized spacial score (nSPS) is 12.6. The minimum absolute atomic E-state index is 0.389. The number of tetrazole rings is 1. The maximum atomic E-state index is 12.2. The maximum Gasteiger partial charge on any atom is 0.321 e. The molecule has 0 radical (unpaired) electrons. The Labute approximate surface area is 154 Å². The van der Waals surface area contributed by atoms with Gasteiger partial charge in [-0.1, -0.05) is 17.8 Å². The summed E-state index contributed by atoms with van der Waals surface area (Å²) in [6.45, 7) is 7.88. The topological polar surface area (TPSA) is 102 Å². The monoisotopic (exact) mass is 382 g/mol. The summed E-state index contributed by atoms with van der Waals surface area (Å²) < 4.78 is 1.67. The van der Waals surface area contributed by atoms with Crippen LogP contribution < -0.4 is 10.6 Å². The van der Waals surface area contributed by atoms with E-state index in [2.05, 4.69) is 32.2 Å². The van der Waals surface area contributed by atoms with Gasteiger partial charge < -0.3 is 5.32 Å². The number of aromatic nitrogens is 4. The van der Waals surface area contributed by atoms with E-state index in [0.717, 1.165) is 6.42 Å². The Balaban J connectivity index is 1.87. The summed E-state index contributed by atoms with van der Waals surface area (Å²) in [4.78, 5) is 25.2. The molecule has 1 atom stereocenters. The third kappa shape index (κ3) is 6.46. The van der Waals surface area contributed by atoms with Gasteiger partial charge >= 0.3 is 6.03 Å². The molecule has 2 rings (SSSR count). The van der Waals surface area contributed by atoms with Crippen LogP contribution in [0.1, 0.15) is 32.6 Å². The average Bonchev–Trinajstić information content (AvgIpc) is 3.14. The fourth-order valence-corrected chi connectivity index (χ4v) is 3.40. The first-order valence-electron chi connectivity index (χ1n) is 7.83. The zero-order valence-electron chi connectivity index (χ0n) is 14.6. The molecular weight excluding hydrogens is 360 g/mol. The molecule has 8 nitrogen and oxygen atoms in total. The van der Waals surface area contributed by atoms with Gasteiger partial charge in [-0.15, -0.1) is 16.4 Å². The lowest BCUT2D eigenvalue weighted by Crippen LogP contribution is -2.49. The van der Waals surface area contributed by atoms with Crippen LogP contribution in [0, 0.1) is 0 Å². The number of aryl methyl sites for hydroxylation is 2. The molecule has 0 aromatic carbocycles. The number of nitrogens with one attached hydrogen (secondary N) is 2. The van der Waals surface area contributed by atoms with Crippen LogP contribution in [0.15, 0.2) is 22.7 Å². The van der Waals surface area contributed by atoms with E-state index in [-0.39, 0.29) is 5.91 Å². The molecule has 2 aromatic heterocycles. The van der Waals surface area contributed by atoms with Crippen molar-refractivity contribution < 1.29 is 9.59 Å². The van der Waals surface area contributed by atoms with Crippen LogP contribution in [-0.4, -0.2) is 42.9 Å². The van der Waals surface area contributed by atoms with E-state index in [9.17, 15) is 9.59 Å². The second kappa shape index (κ2) is 8.43. The SMILES string of the molecule is C[C@@H](Sc1nnnn1CCc1cccs1)C(=O)NC(=O)NC(C)(C)C. The smallest absolute Gasteiger partial charge is 0.321 e. The van der Waals surface area contributed by atoms with Crippen molar-refractivity contribution in [1.29, 1.82) is 0 Å². The lowest BCUT2D eigenvalue weighted by atomic mass is 10.1. The highest BCUT2D eigenvalue weighted by molar-refractivity contribution is 8.00. The number of rotatable bonds is 6. The number of carbonyl (C=O) groups is 2. The predicted octanol–water partition coefficient (Wildman–Crippen LogP) is 2.08. The number of amides is 3. The van der Waals surface area contributed by atoms with Crippen molar-refractivity contribution in [2.45, 2.75) is 56.6 Å². The lowest BCUT2D eigenvalue weighted by Gasteiger charge is -2.21. The van der Waals surface area contributed by atoms with E-state index in [1.807, 2.05) is 32.2 Å². The molecule has 0 spiro atoms. The molecule has 2 heterocycles. The van der Waals surface area contributed by atoms with Crippen LogP contribution in [0.25, 0.3) is 0 Å². The van der Waals surface area contributed by atoms with E-state index < -0.39 is 16.8 Å². The van der Waals surface area contributed by atoms with Gasteiger partial charge in [-0.25, -0.2) is 9.48 Å². The third-order valence-corrected chi connectivity index (χ3v) is 5.03. The number of thioether (sulfide) groups is 1. The van der Waals surface area contributed by atoms with Gasteiger partial charge in [-0.3, -0.25) is 10.1 Å². The highest BCUT2D eigenvalue weighted by Gasteiger charge is 2.22. The summed E-state index contributed by atoms with van der Waals surface area (Å²) in [5.41, 5.74) is -0.410. The number of imide groups is 1. The summed E-state index contributed by atoms with van der Waals surface area (Å²) in [6, 6.07) is 3.55. The van der Waals surface area contributed by atoms with Crippen molar-refractivity contribution in [1.82, 2.24) is 30.8 Å². The van der Waals surface area contributed by atoms with Crippen LogP contribution in [0.4, 0.5) is 4.79 Å². The zero-order valence-corrected chi connectivity index (χ0v) is 16.3. The molecule has 0 fully saturated rings. The van der Waals surface area contributed by atoms with E-state index in [0.29, 0.717) is 11.7 Å². The third-order valence-electron chi connectivity index (χ3n) is 3.03. The van der Waals surface area contributed by atoms with Crippen LogP contribution in [0.2, 0.25) is 0 Å². The molecule has 0 unspecified atom stereocenters. The number of urea groups is 1. The van der Waals surface area contributed by atoms with Gasteiger partial charge in [0, 0.05) is 16.8 Å². The fourth-order valence-electron chi connectivity index (χ4n) is 1.89. The Morgan fingerprint density at radius 1 is 1.40 bits per heavy atom. The van der Waals surface area contributed by atoms with Crippen LogP contribution in [0.5, 0.6) is 0 Å². The summed E-state index contributed by atoms with van der Waals surface area (Å²) in [5.74, 6) is -0.389. The fraction of sp³-hybridized carbons (Fsp3) is 0.533. The molecule has 0 aliphatic carbocycles. The van der Waals surface area contributed by atoms with E-state index in [1.54, 1.807) is 22.9 Å². The molecule has 0 bridgehead atoms. The molecule has 0 aliphatic rings. The molecule has 3 amide bonds. The number of nitrogens with zero attached hydrogens (tertiary/aromatic N) is 4. The van der Waals surface area contributed by atoms with E-state index >= 15 is 0 Å².